The van der Waals surface area contributed by atoms with Crippen LogP contribution in [-0.2, 0) is 39.8 Å². The van der Waals surface area contributed by atoms with Crippen LogP contribution in [0.2, 0.25) is 0 Å². The summed E-state index contributed by atoms with van der Waals surface area (Å²) < 4.78 is 27.2. The van der Waals surface area contributed by atoms with Crippen molar-refractivity contribution in [1.29, 1.82) is 0 Å². The number of benzene rings is 1. The molecule has 1 saturated heterocycles. The molecule has 0 amide bonds. The van der Waals surface area contributed by atoms with Gasteiger partial charge in [-0.2, -0.15) is 0 Å². The molecule has 0 aliphatic carbocycles. The monoisotopic (exact) mass is 604 g/mol. The van der Waals surface area contributed by atoms with E-state index in [1.807, 2.05) is 39.8 Å². The molecule has 11 nitrogen and oxygen atoms in total. The molecule has 1 aromatic carbocycles. The molecule has 0 spiro atoms. The molecule has 1 fully saturated rings. The third-order valence-corrected chi connectivity index (χ3v) is 6.41. The first-order valence-corrected chi connectivity index (χ1v) is 14.1. The molecule has 238 valence electrons. The van der Waals surface area contributed by atoms with Gasteiger partial charge in [0.05, 0.1) is 6.10 Å². The number of carbonyl (C=O) groups excluding carboxylic acids is 3. The van der Waals surface area contributed by atoms with Gasteiger partial charge in [-0.05, 0) is 71.6 Å². The molecule has 0 saturated carbocycles. The van der Waals surface area contributed by atoms with Crippen LogP contribution >= 0.6 is 0 Å². The fourth-order valence-corrected chi connectivity index (χ4v) is 4.55. The maximum atomic E-state index is 11.8. The number of aliphatic hydroxyl groups is 2. The summed E-state index contributed by atoms with van der Waals surface area (Å²) in [6.07, 6.45) is 0.353. The van der Waals surface area contributed by atoms with E-state index in [1.165, 1.54) is 18.2 Å². The molecule has 1 aromatic rings. The van der Waals surface area contributed by atoms with Crippen LogP contribution in [-0.4, -0.2) is 70.2 Å². The number of rotatable bonds is 13. The Labute approximate surface area is 252 Å². The number of esters is 3. The normalized spacial score (nSPS) is 23.1. The quantitative estimate of drug-likeness (QED) is 0.169. The van der Waals surface area contributed by atoms with Gasteiger partial charge in [0.25, 0.3) is 0 Å². The minimum atomic E-state index is -1.63. The number of hydrogen-bond donors (Lipinski definition) is 3. The van der Waals surface area contributed by atoms with Gasteiger partial charge in [-0.3, -0.25) is 19.1 Å². The number of carbonyl (C=O) groups is 3. The van der Waals surface area contributed by atoms with E-state index in [1.54, 1.807) is 0 Å². The van der Waals surface area contributed by atoms with Crippen molar-refractivity contribution < 1.29 is 53.4 Å². The Morgan fingerprint density at radius 3 is 2.12 bits per heavy atom. The van der Waals surface area contributed by atoms with Crippen molar-refractivity contribution in [3.05, 3.63) is 58.7 Å². The second-order valence-corrected chi connectivity index (χ2v) is 10.9. The highest BCUT2D eigenvalue weighted by Crippen LogP contribution is 2.32. The van der Waals surface area contributed by atoms with Gasteiger partial charge in [0.15, 0.2) is 12.2 Å². The molecule has 0 radical (unpaired) electrons. The zero-order valence-electron chi connectivity index (χ0n) is 25.9. The summed E-state index contributed by atoms with van der Waals surface area (Å²) in [6, 6.07) is 4.40. The van der Waals surface area contributed by atoms with E-state index >= 15 is 0 Å². The Bertz CT molecular complexity index is 1210. The minimum Gasteiger partial charge on any atom is -0.508 e. The van der Waals surface area contributed by atoms with Gasteiger partial charge in [0.2, 0.25) is 18.7 Å². The number of phenols is 1. The van der Waals surface area contributed by atoms with Crippen molar-refractivity contribution >= 4 is 17.9 Å². The highest BCUT2D eigenvalue weighted by Gasteiger charge is 2.52. The Hall–Kier alpha value is -3.67. The van der Waals surface area contributed by atoms with Crippen LogP contribution in [0.1, 0.15) is 73.3 Å². The van der Waals surface area contributed by atoms with Crippen LogP contribution in [0.5, 0.6) is 11.5 Å². The van der Waals surface area contributed by atoms with E-state index in [9.17, 15) is 29.7 Å². The van der Waals surface area contributed by atoms with Gasteiger partial charge in [0.1, 0.15) is 11.5 Å². The Balaban J connectivity index is 2.20. The lowest BCUT2D eigenvalue weighted by Crippen LogP contribution is -2.62. The summed E-state index contributed by atoms with van der Waals surface area (Å²) >= 11 is 0. The summed E-state index contributed by atoms with van der Waals surface area (Å²) in [6.45, 7) is 11.2. The van der Waals surface area contributed by atoms with Crippen molar-refractivity contribution in [2.45, 2.75) is 111 Å². The average Bonchev–Trinajstić information content (AvgIpc) is 2.87. The van der Waals surface area contributed by atoms with Gasteiger partial charge in [-0.1, -0.05) is 34.9 Å². The first kappa shape index (κ1) is 35.5. The molecule has 43 heavy (non-hydrogen) atoms. The second kappa shape index (κ2) is 16.8. The highest BCUT2D eigenvalue weighted by molar-refractivity contribution is 5.68. The molecule has 3 N–H and O–H groups in total. The van der Waals surface area contributed by atoms with Crippen LogP contribution in [0.4, 0.5) is 0 Å². The predicted molar refractivity (Wildman–Crippen MR) is 157 cm³/mol. The zero-order valence-corrected chi connectivity index (χ0v) is 25.9. The number of aromatic hydroxyl groups is 1. The summed E-state index contributed by atoms with van der Waals surface area (Å²) in [5.41, 5.74) is 3.83. The Kier molecular flexibility index (Phi) is 13.9. The number of allylic oxidation sites excluding steroid dienone is 4. The summed E-state index contributed by atoms with van der Waals surface area (Å²) in [7, 11) is 0. The molecule has 6 unspecified atom stereocenters. The smallest absolute Gasteiger partial charge is 0.305 e. The van der Waals surface area contributed by atoms with Gasteiger partial charge in [-0.25, -0.2) is 0 Å². The molecule has 0 bridgehead atoms. The number of hydrogen-bond acceptors (Lipinski definition) is 11. The zero-order chi connectivity index (χ0) is 32.3. The predicted octanol–water partition coefficient (Wildman–Crippen LogP) is 4.17. The molecule has 2 rings (SSSR count). The Morgan fingerprint density at radius 1 is 0.884 bits per heavy atom. The lowest BCUT2D eigenvalue weighted by Gasteiger charge is -2.42. The lowest BCUT2D eigenvalue weighted by atomic mass is 10.0. The summed E-state index contributed by atoms with van der Waals surface area (Å²) in [4.78, 5) is 35.3. The molecule has 1 heterocycles. The van der Waals surface area contributed by atoms with E-state index in [-0.39, 0.29) is 11.5 Å². The molecule has 0 aromatic heterocycles. The summed E-state index contributed by atoms with van der Waals surface area (Å²) in [5.74, 6) is -2.06. The van der Waals surface area contributed by atoms with Crippen LogP contribution in [0.25, 0.3) is 0 Å². The molecular weight excluding hydrogens is 560 g/mol. The third-order valence-electron chi connectivity index (χ3n) is 6.41. The van der Waals surface area contributed by atoms with Crippen molar-refractivity contribution in [1.82, 2.24) is 0 Å². The van der Waals surface area contributed by atoms with E-state index in [4.69, 9.17) is 23.7 Å². The average molecular weight is 605 g/mol. The first-order chi connectivity index (χ1) is 20.2. The van der Waals surface area contributed by atoms with Crippen molar-refractivity contribution in [2.24, 2.45) is 0 Å². The van der Waals surface area contributed by atoms with Gasteiger partial charge in [-0.15, -0.1) is 0 Å². The van der Waals surface area contributed by atoms with E-state index in [0.717, 1.165) is 50.3 Å². The summed E-state index contributed by atoms with van der Waals surface area (Å²) in [5, 5.41) is 31.3. The molecule has 11 heteroatoms. The maximum Gasteiger partial charge on any atom is 0.305 e. The number of ether oxygens (including phenoxy) is 5. The van der Waals surface area contributed by atoms with E-state index in [2.05, 4.69) is 6.08 Å². The van der Waals surface area contributed by atoms with Crippen molar-refractivity contribution in [3.8, 4) is 11.5 Å². The molecular formula is C32H44O11. The fourth-order valence-electron chi connectivity index (χ4n) is 4.55. The van der Waals surface area contributed by atoms with Crippen molar-refractivity contribution in [3.63, 3.8) is 0 Å². The largest absolute Gasteiger partial charge is 0.508 e. The van der Waals surface area contributed by atoms with E-state index in [0.29, 0.717) is 18.4 Å². The first-order valence-electron chi connectivity index (χ1n) is 14.1. The van der Waals surface area contributed by atoms with Gasteiger partial charge >= 0.3 is 17.9 Å². The SMILES string of the molecule is CC(=O)OC1OC(Oc2ccc(O)cc2CC=C(C)CCC=C(C)CC(O)C=C(C)C)C(O)C(OC(C)=O)C1OC(C)=O. The fraction of sp³-hybridized carbons (Fsp3) is 0.531. The maximum absolute atomic E-state index is 11.8. The molecule has 6 atom stereocenters. The number of phenolic OH excluding ortho intramolecular Hbond substituents is 1. The number of aliphatic hydroxyl groups excluding tert-OH is 2. The van der Waals surface area contributed by atoms with Crippen LogP contribution in [0, 0.1) is 0 Å². The van der Waals surface area contributed by atoms with Crippen LogP contribution < -0.4 is 4.74 Å². The highest BCUT2D eigenvalue weighted by atomic mass is 16.8. The topological polar surface area (TPSA) is 158 Å². The van der Waals surface area contributed by atoms with E-state index < -0.39 is 54.9 Å². The second-order valence-electron chi connectivity index (χ2n) is 10.9. The lowest BCUT2D eigenvalue weighted by molar-refractivity contribution is -0.327. The van der Waals surface area contributed by atoms with Crippen molar-refractivity contribution in [2.75, 3.05) is 0 Å². The molecule has 1 aliphatic heterocycles. The van der Waals surface area contributed by atoms with Gasteiger partial charge < -0.3 is 34.3 Å². The Morgan fingerprint density at radius 2 is 1.51 bits per heavy atom. The molecule has 1 aliphatic rings. The minimum absolute atomic E-state index is 0.00232. The standard InChI is InChI=1S/C32H44O11/c1-18(2)15-26(37)16-20(4)10-8-9-19(3)11-12-24-17-25(36)13-14-27(24)42-31-28(38)29(39-21(5)33)30(40-22(6)34)32(43-31)41-23(7)35/h10-11,13-15,17,26,28-32,36-38H,8-9,12,16H2,1-7H3. The van der Waals surface area contributed by atoms with Crippen LogP contribution in [0.15, 0.2) is 53.1 Å². The van der Waals surface area contributed by atoms with Crippen LogP contribution in [0.3, 0.4) is 0 Å². The van der Waals surface area contributed by atoms with Gasteiger partial charge in [0, 0.05) is 26.3 Å². The third kappa shape index (κ3) is 12.2.